The summed E-state index contributed by atoms with van der Waals surface area (Å²) in [5, 5.41) is 9.60. The van der Waals surface area contributed by atoms with Gasteiger partial charge in [-0.1, -0.05) is 60.7 Å². The predicted octanol–water partition coefficient (Wildman–Crippen LogP) is 4.40. The maximum atomic E-state index is 12.2. The minimum absolute atomic E-state index is 0.0471. The molecule has 0 saturated carbocycles. The maximum Gasteiger partial charge on any atom is 0.324 e. The fourth-order valence-corrected chi connectivity index (χ4v) is 2.95. The van der Waals surface area contributed by atoms with Crippen molar-refractivity contribution in [3.05, 3.63) is 90.0 Å². The second-order valence-corrected chi connectivity index (χ2v) is 6.63. The number of carbonyl (C=O) groups is 1. The van der Waals surface area contributed by atoms with E-state index in [2.05, 4.69) is 5.48 Å². The van der Waals surface area contributed by atoms with Crippen molar-refractivity contribution in [2.45, 2.75) is 18.9 Å². The molecule has 0 radical (unpaired) electrons. The fraction of sp³-hybridized carbons (Fsp3) is 0.208. The van der Waals surface area contributed by atoms with Crippen molar-refractivity contribution < 1.29 is 24.2 Å². The number of rotatable bonds is 10. The van der Waals surface area contributed by atoms with Crippen LogP contribution in [0.3, 0.4) is 0 Å². The van der Waals surface area contributed by atoms with E-state index in [1.165, 1.54) is 13.2 Å². The summed E-state index contributed by atoms with van der Waals surface area (Å²) in [4.78, 5) is 17.5. The Labute approximate surface area is 176 Å². The fourth-order valence-electron chi connectivity index (χ4n) is 2.95. The highest BCUT2D eigenvalue weighted by Gasteiger charge is 2.16. The van der Waals surface area contributed by atoms with Crippen LogP contribution in [0.25, 0.3) is 0 Å². The third-order valence-electron chi connectivity index (χ3n) is 4.50. The first-order chi connectivity index (χ1) is 14.7. The van der Waals surface area contributed by atoms with E-state index in [1.54, 1.807) is 12.1 Å². The number of nitrogens with one attached hydrogen (secondary N) is 1. The van der Waals surface area contributed by atoms with Gasteiger partial charge in [0, 0.05) is 6.07 Å². The predicted molar refractivity (Wildman–Crippen MR) is 113 cm³/mol. The highest BCUT2D eigenvalue weighted by atomic mass is 16.7. The summed E-state index contributed by atoms with van der Waals surface area (Å²) < 4.78 is 10.6. The van der Waals surface area contributed by atoms with E-state index in [0.29, 0.717) is 24.5 Å². The van der Waals surface area contributed by atoms with Crippen molar-refractivity contribution in [3.8, 4) is 17.2 Å². The Kier molecular flexibility index (Phi) is 7.69. The number of phenolic OH excluding ortho intramolecular Hbond substituents is 1. The molecule has 3 aromatic carbocycles. The van der Waals surface area contributed by atoms with E-state index < -0.39 is 0 Å². The lowest BCUT2D eigenvalue weighted by molar-refractivity contribution is -0.152. The highest BCUT2D eigenvalue weighted by Crippen LogP contribution is 2.29. The summed E-state index contributed by atoms with van der Waals surface area (Å²) in [5.41, 5.74) is 4.90. The Hall–Kier alpha value is -3.51. The maximum absolute atomic E-state index is 12.2. The van der Waals surface area contributed by atoms with Crippen molar-refractivity contribution in [3.63, 3.8) is 0 Å². The summed E-state index contributed by atoms with van der Waals surface area (Å²) >= 11 is 0. The molecule has 6 nitrogen and oxygen atoms in total. The largest absolute Gasteiger partial charge is 0.504 e. The summed E-state index contributed by atoms with van der Waals surface area (Å²) in [5.74, 6) is 0.581. The molecule has 3 rings (SSSR count). The zero-order valence-corrected chi connectivity index (χ0v) is 16.8. The van der Waals surface area contributed by atoms with Crippen LogP contribution in [-0.4, -0.2) is 24.8 Å². The monoisotopic (exact) mass is 407 g/mol. The van der Waals surface area contributed by atoms with E-state index in [-0.39, 0.29) is 24.2 Å². The van der Waals surface area contributed by atoms with Gasteiger partial charge in [0.25, 0.3) is 0 Å². The van der Waals surface area contributed by atoms with Crippen molar-refractivity contribution in [2.75, 3.05) is 13.7 Å². The van der Waals surface area contributed by atoms with Crippen LogP contribution in [0.4, 0.5) is 0 Å². The quantitative estimate of drug-likeness (QED) is 0.383. The van der Waals surface area contributed by atoms with Crippen LogP contribution in [0, 0.1) is 0 Å². The molecule has 0 aliphatic heterocycles. The van der Waals surface area contributed by atoms with Crippen LogP contribution in [0.5, 0.6) is 17.2 Å². The number of ether oxygens (including phenoxy) is 2. The highest BCUT2D eigenvalue weighted by molar-refractivity contribution is 5.69. The molecule has 0 heterocycles. The van der Waals surface area contributed by atoms with Crippen LogP contribution in [-0.2, 0) is 9.63 Å². The molecule has 0 aliphatic carbocycles. The van der Waals surface area contributed by atoms with Crippen LogP contribution >= 0.6 is 0 Å². The molecule has 0 spiro atoms. The molecule has 30 heavy (non-hydrogen) atoms. The van der Waals surface area contributed by atoms with E-state index >= 15 is 0 Å². The first-order valence-corrected chi connectivity index (χ1v) is 9.72. The van der Waals surface area contributed by atoms with Gasteiger partial charge in [-0.05, 0) is 29.7 Å². The van der Waals surface area contributed by atoms with Gasteiger partial charge < -0.3 is 19.4 Å². The average Bonchev–Trinajstić information content (AvgIpc) is 2.79. The van der Waals surface area contributed by atoms with E-state index in [9.17, 15) is 9.90 Å². The van der Waals surface area contributed by atoms with Crippen molar-refractivity contribution in [1.29, 1.82) is 0 Å². The van der Waals surface area contributed by atoms with Crippen LogP contribution in [0.15, 0.2) is 78.9 Å². The molecular formula is C24H25NO5. The SMILES string of the molecule is COc1cc(OCCCC(=O)ONC(c2ccccc2)c2ccccc2)ccc1O. The minimum Gasteiger partial charge on any atom is -0.504 e. The lowest BCUT2D eigenvalue weighted by atomic mass is 10.00. The number of aromatic hydroxyl groups is 1. The zero-order chi connectivity index (χ0) is 21.2. The number of phenols is 1. The molecule has 6 heteroatoms. The molecular weight excluding hydrogens is 382 g/mol. The number of hydrogen-bond donors (Lipinski definition) is 2. The third kappa shape index (κ3) is 5.99. The normalized spacial score (nSPS) is 10.6. The zero-order valence-electron chi connectivity index (χ0n) is 16.8. The van der Waals surface area contributed by atoms with Gasteiger partial charge in [0.2, 0.25) is 0 Å². The van der Waals surface area contributed by atoms with Gasteiger partial charge in [0.05, 0.1) is 26.2 Å². The van der Waals surface area contributed by atoms with Crippen molar-refractivity contribution in [2.24, 2.45) is 0 Å². The van der Waals surface area contributed by atoms with Gasteiger partial charge >= 0.3 is 5.97 Å². The molecule has 156 valence electrons. The van der Waals surface area contributed by atoms with Gasteiger partial charge in [0.1, 0.15) is 5.75 Å². The molecule has 3 aromatic rings. The number of hydrogen-bond acceptors (Lipinski definition) is 6. The summed E-state index contributed by atoms with van der Waals surface area (Å²) in [6.07, 6.45) is 0.698. The van der Waals surface area contributed by atoms with Gasteiger partial charge in [-0.15, -0.1) is 5.48 Å². The molecule has 2 N–H and O–H groups in total. The molecule has 0 atom stereocenters. The standard InChI is InChI=1S/C24H25NO5/c1-28-22-17-20(14-15-21(22)26)29-16-8-13-23(27)30-25-24(18-9-4-2-5-10-18)19-11-6-3-7-12-19/h2-7,9-12,14-15,17,24-26H,8,13,16H2,1H3. The summed E-state index contributed by atoms with van der Waals surface area (Å²) in [6, 6.07) is 24.1. The third-order valence-corrected chi connectivity index (χ3v) is 4.50. The number of hydroxylamine groups is 1. The van der Waals surface area contributed by atoms with Crippen molar-refractivity contribution in [1.82, 2.24) is 5.48 Å². The van der Waals surface area contributed by atoms with Crippen LogP contribution < -0.4 is 15.0 Å². The molecule has 0 aromatic heterocycles. The Morgan fingerprint density at radius 3 is 2.20 bits per heavy atom. The second-order valence-electron chi connectivity index (χ2n) is 6.63. The summed E-state index contributed by atoms with van der Waals surface area (Å²) in [6.45, 7) is 0.337. The first-order valence-electron chi connectivity index (χ1n) is 9.72. The second kappa shape index (κ2) is 10.9. The molecule has 0 fully saturated rings. The van der Waals surface area contributed by atoms with E-state index in [4.69, 9.17) is 14.3 Å². The Bertz CT molecular complexity index is 891. The van der Waals surface area contributed by atoms with E-state index in [1.807, 2.05) is 60.7 Å². The lowest BCUT2D eigenvalue weighted by Crippen LogP contribution is -2.26. The molecule has 0 aliphatic rings. The summed E-state index contributed by atoms with van der Waals surface area (Å²) in [7, 11) is 1.47. The Balaban J connectivity index is 1.48. The van der Waals surface area contributed by atoms with Gasteiger partial charge in [-0.2, -0.15) is 0 Å². The van der Waals surface area contributed by atoms with Gasteiger partial charge in [-0.3, -0.25) is 4.79 Å². The average molecular weight is 407 g/mol. The smallest absolute Gasteiger partial charge is 0.324 e. The van der Waals surface area contributed by atoms with Gasteiger partial charge in [0.15, 0.2) is 11.5 Å². The van der Waals surface area contributed by atoms with Crippen molar-refractivity contribution >= 4 is 5.97 Å². The lowest BCUT2D eigenvalue weighted by Gasteiger charge is -2.19. The molecule has 0 bridgehead atoms. The molecule has 0 unspecified atom stereocenters. The van der Waals surface area contributed by atoms with Crippen LogP contribution in [0.2, 0.25) is 0 Å². The number of methoxy groups -OCH3 is 1. The Morgan fingerprint density at radius 1 is 0.967 bits per heavy atom. The van der Waals surface area contributed by atoms with E-state index in [0.717, 1.165) is 11.1 Å². The van der Waals surface area contributed by atoms with Crippen LogP contribution in [0.1, 0.15) is 30.0 Å². The Morgan fingerprint density at radius 2 is 1.60 bits per heavy atom. The molecule has 0 amide bonds. The first kappa shape index (κ1) is 21.2. The van der Waals surface area contributed by atoms with Gasteiger partial charge in [-0.25, -0.2) is 0 Å². The number of carbonyl (C=O) groups excluding carboxylic acids is 1. The number of benzene rings is 3. The molecule has 0 saturated heterocycles. The minimum atomic E-state index is -0.362. The topological polar surface area (TPSA) is 77.0 Å².